The van der Waals surface area contributed by atoms with E-state index in [1.165, 1.54) is 6.42 Å². The van der Waals surface area contributed by atoms with E-state index in [0.717, 1.165) is 63.1 Å². The highest BCUT2D eigenvalue weighted by Crippen LogP contribution is 2.25. The van der Waals surface area contributed by atoms with Crippen LogP contribution in [0.5, 0.6) is 0 Å². The van der Waals surface area contributed by atoms with Crippen molar-refractivity contribution in [3.05, 3.63) is 29.8 Å². The van der Waals surface area contributed by atoms with Crippen LogP contribution in [0.4, 0.5) is 5.69 Å². The van der Waals surface area contributed by atoms with Gasteiger partial charge in [0.15, 0.2) is 5.96 Å². The van der Waals surface area contributed by atoms with Gasteiger partial charge >= 0.3 is 0 Å². The standard InChI is InChI=1S/C20H32N4O2.HI/c1-2-26-13-7-12-22-20(21)23-15-16-8-6-11-18(14-16)24-19(25)17-9-4-3-5-10-17;/h6,8,11,14,17H,2-5,7,9-10,12-13,15H2,1H3,(H,24,25)(H3,21,22,23);1H. The molecule has 0 atom stereocenters. The van der Waals surface area contributed by atoms with Gasteiger partial charge in [-0.1, -0.05) is 31.4 Å². The summed E-state index contributed by atoms with van der Waals surface area (Å²) in [5, 5.41) is 6.12. The van der Waals surface area contributed by atoms with Crippen LogP contribution < -0.4 is 16.4 Å². The molecule has 0 heterocycles. The lowest BCUT2D eigenvalue weighted by atomic mass is 9.88. The van der Waals surface area contributed by atoms with Gasteiger partial charge in [0.1, 0.15) is 0 Å². The molecular weight excluding hydrogens is 455 g/mol. The topological polar surface area (TPSA) is 88.7 Å². The highest BCUT2D eigenvalue weighted by atomic mass is 127. The van der Waals surface area contributed by atoms with Gasteiger partial charge in [-0.25, -0.2) is 4.99 Å². The van der Waals surface area contributed by atoms with Gasteiger partial charge < -0.3 is 21.1 Å². The fourth-order valence-electron chi connectivity index (χ4n) is 3.12. The average molecular weight is 488 g/mol. The molecule has 1 aliphatic rings. The zero-order valence-corrected chi connectivity index (χ0v) is 18.5. The van der Waals surface area contributed by atoms with Gasteiger partial charge in [-0.2, -0.15) is 0 Å². The summed E-state index contributed by atoms with van der Waals surface area (Å²) in [7, 11) is 0. The summed E-state index contributed by atoms with van der Waals surface area (Å²) < 4.78 is 5.28. The van der Waals surface area contributed by atoms with Crippen LogP contribution in [0.2, 0.25) is 0 Å². The molecule has 7 heteroatoms. The van der Waals surface area contributed by atoms with Gasteiger partial charge in [0, 0.05) is 31.4 Å². The maximum atomic E-state index is 12.4. The average Bonchev–Trinajstić information content (AvgIpc) is 2.67. The molecular formula is C20H33IN4O2. The molecule has 27 heavy (non-hydrogen) atoms. The monoisotopic (exact) mass is 488 g/mol. The van der Waals surface area contributed by atoms with Gasteiger partial charge in [0.2, 0.25) is 5.91 Å². The molecule has 0 radical (unpaired) electrons. The summed E-state index contributed by atoms with van der Waals surface area (Å²) >= 11 is 0. The van der Waals surface area contributed by atoms with E-state index in [0.29, 0.717) is 12.5 Å². The van der Waals surface area contributed by atoms with Crippen molar-refractivity contribution in [2.45, 2.75) is 52.0 Å². The van der Waals surface area contributed by atoms with E-state index in [4.69, 9.17) is 10.5 Å². The fraction of sp³-hybridized carbons (Fsp3) is 0.600. The Bertz CT molecular complexity index is 589. The third-order valence-corrected chi connectivity index (χ3v) is 4.58. The number of nitrogens with two attached hydrogens (primary N) is 1. The Morgan fingerprint density at radius 1 is 1.30 bits per heavy atom. The normalized spacial score (nSPS) is 15.1. The van der Waals surface area contributed by atoms with Gasteiger partial charge in [0.25, 0.3) is 0 Å². The molecule has 2 rings (SSSR count). The SMILES string of the molecule is CCOCCCNC(N)=NCc1cccc(NC(=O)C2CCCCC2)c1.I. The van der Waals surface area contributed by atoms with Crippen LogP contribution in [0.25, 0.3) is 0 Å². The van der Waals surface area contributed by atoms with Crippen molar-refractivity contribution in [2.24, 2.45) is 16.6 Å². The smallest absolute Gasteiger partial charge is 0.227 e. The zero-order valence-electron chi connectivity index (χ0n) is 16.2. The van der Waals surface area contributed by atoms with E-state index in [-0.39, 0.29) is 35.8 Å². The van der Waals surface area contributed by atoms with E-state index in [9.17, 15) is 4.79 Å². The number of benzene rings is 1. The summed E-state index contributed by atoms with van der Waals surface area (Å²) in [6.07, 6.45) is 6.46. The minimum Gasteiger partial charge on any atom is -0.382 e. The molecule has 0 aromatic heterocycles. The lowest BCUT2D eigenvalue weighted by Gasteiger charge is -2.20. The summed E-state index contributed by atoms with van der Waals surface area (Å²) in [6.45, 7) is 4.66. The largest absolute Gasteiger partial charge is 0.382 e. The van der Waals surface area contributed by atoms with Gasteiger partial charge in [-0.05, 0) is 43.9 Å². The van der Waals surface area contributed by atoms with Crippen LogP contribution >= 0.6 is 24.0 Å². The lowest BCUT2D eigenvalue weighted by Crippen LogP contribution is -2.32. The number of guanidine groups is 1. The quantitative estimate of drug-likeness (QED) is 0.214. The predicted molar refractivity (Wildman–Crippen MR) is 122 cm³/mol. The number of aliphatic imine (C=N–C) groups is 1. The molecule has 6 nitrogen and oxygen atoms in total. The third-order valence-electron chi connectivity index (χ3n) is 4.58. The molecule has 152 valence electrons. The Balaban J connectivity index is 0.00000364. The summed E-state index contributed by atoms with van der Waals surface area (Å²) in [6, 6.07) is 7.81. The molecule has 0 unspecified atom stereocenters. The van der Waals surface area contributed by atoms with E-state index in [2.05, 4.69) is 15.6 Å². The molecule has 1 saturated carbocycles. The molecule has 4 N–H and O–H groups in total. The van der Waals surface area contributed by atoms with E-state index < -0.39 is 0 Å². The first-order valence-electron chi connectivity index (χ1n) is 9.70. The number of ether oxygens (including phenoxy) is 1. The number of halogens is 1. The summed E-state index contributed by atoms with van der Waals surface area (Å²) in [4.78, 5) is 16.7. The van der Waals surface area contributed by atoms with Crippen LogP contribution in [-0.4, -0.2) is 31.6 Å². The van der Waals surface area contributed by atoms with Crippen molar-refractivity contribution < 1.29 is 9.53 Å². The first-order valence-corrected chi connectivity index (χ1v) is 9.70. The van der Waals surface area contributed by atoms with Crippen molar-refractivity contribution in [3.63, 3.8) is 0 Å². The first kappa shape index (κ1) is 23.7. The van der Waals surface area contributed by atoms with Crippen molar-refractivity contribution >= 4 is 41.5 Å². The van der Waals surface area contributed by atoms with Crippen LogP contribution in [0, 0.1) is 5.92 Å². The van der Waals surface area contributed by atoms with Crippen LogP contribution in [0.15, 0.2) is 29.3 Å². The number of anilines is 1. The van der Waals surface area contributed by atoms with Crippen molar-refractivity contribution in [1.82, 2.24) is 5.32 Å². The van der Waals surface area contributed by atoms with Crippen LogP contribution in [-0.2, 0) is 16.1 Å². The maximum Gasteiger partial charge on any atom is 0.227 e. The van der Waals surface area contributed by atoms with Crippen molar-refractivity contribution in [1.29, 1.82) is 0 Å². The van der Waals surface area contributed by atoms with E-state index >= 15 is 0 Å². The Kier molecular flexibility index (Phi) is 12.1. The molecule has 1 fully saturated rings. The number of rotatable bonds is 9. The van der Waals surface area contributed by atoms with Gasteiger partial charge in [-0.3, -0.25) is 4.79 Å². The zero-order chi connectivity index (χ0) is 18.6. The molecule has 0 bridgehead atoms. The molecule has 1 aromatic carbocycles. The van der Waals surface area contributed by atoms with Crippen molar-refractivity contribution in [3.8, 4) is 0 Å². The van der Waals surface area contributed by atoms with Crippen molar-refractivity contribution in [2.75, 3.05) is 25.1 Å². The molecule has 1 aliphatic carbocycles. The minimum atomic E-state index is 0. The second-order valence-corrected chi connectivity index (χ2v) is 6.70. The molecule has 0 aliphatic heterocycles. The molecule has 0 spiro atoms. The third kappa shape index (κ3) is 9.41. The number of amides is 1. The van der Waals surface area contributed by atoms with Crippen LogP contribution in [0.3, 0.4) is 0 Å². The van der Waals surface area contributed by atoms with Gasteiger partial charge in [0.05, 0.1) is 6.54 Å². The fourth-order valence-corrected chi connectivity index (χ4v) is 3.12. The Morgan fingerprint density at radius 3 is 2.81 bits per heavy atom. The number of hydrogen-bond acceptors (Lipinski definition) is 3. The number of carbonyl (C=O) groups is 1. The second-order valence-electron chi connectivity index (χ2n) is 6.70. The Hall–Kier alpha value is -1.35. The predicted octanol–water partition coefficient (Wildman–Crippen LogP) is 3.65. The number of nitrogens with one attached hydrogen (secondary N) is 2. The maximum absolute atomic E-state index is 12.4. The van der Waals surface area contributed by atoms with E-state index in [1.54, 1.807) is 0 Å². The number of hydrogen-bond donors (Lipinski definition) is 3. The highest BCUT2D eigenvalue weighted by molar-refractivity contribution is 14.0. The minimum absolute atomic E-state index is 0. The van der Waals surface area contributed by atoms with E-state index in [1.807, 2.05) is 31.2 Å². The highest BCUT2D eigenvalue weighted by Gasteiger charge is 2.20. The molecule has 0 saturated heterocycles. The molecule has 1 amide bonds. The summed E-state index contributed by atoms with van der Waals surface area (Å²) in [5.74, 6) is 0.723. The second kappa shape index (κ2) is 13.8. The molecule has 1 aromatic rings. The Labute approximate surface area is 179 Å². The van der Waals surface area contributed by atoms with Crippen LogP contribution in [0.1, 0.15) is 51.0 Å². The number of nitrogens with zero attached hydrogens (tertiary/aromatic N) is 1. The van der Waals surface area contributed by atoms with Gasteiger partial charge in [-0.15, -0.1) is 24.0 Å². The Morgan fingerprint density at radius 2 is 2.07 bits per heavy atom. The first-order chi connectivity index (χ1) is 12.7. The lowest BCUT2D eigenvalue weighted by molar-refractivity contribution is -0.120. The summed E-state index contributed by atoms with van der Waals surface area (Å²) in [5.41, 5.74) is 7.73. The number of carbonyl (C=O) groups excluding carboxylic acids is 1.